The molecule has 7 nitrogen and oxygen atoms in total. The standard InChI is InChI=1S/C18H31N7.HI/c1-4-11-24(12-5-2)13-8-10-20-18(19-3)21-15-17-23-22-16-9-6-7-14-25(16)17;/h6-7,9,14H,4-5,8,10-13,15H2,1-3H3,(H2,19,20,21);1H. The minimum atomic E-state index is 0. The zero-order valence-corrected chi connectivity index (χ0v) is 18.4. The summed E-state index contributed by atoms with van der Waals surface area (Å²) in [5.41, 5.74) is 0.856. The highest BCUT2D eigenvalue weighted by Crippen LogP contribution is 2.02. The van der Waals surface area contributed by atoms with Crippen LogP contribution in [0.2, 0.25) is 0 Å². The van der Waals surface area contributed by atoms with Crippen LogP contribution in [0.4, 0.5) is 0 Å². The topological polar surface area (TPSA) is 69.8 Å². The molecule has 0 saturated heterocycles. The Balaban J connectivity index is 0.00000338. The number of fused-ring (bicyclic) bond motifs is 1. The van der Waals surface area contributed by atoms with Crippen molar-refractivity contribution in [3.05, 3.63) is 30.2 Å². The van der Waals surface area contributed by atoms with Gasteiger partial charge in [0.05, 0.1) is 6.54 Å². The molecule has 2 rings (SSSR count). The SMILES string of the molecule is CCCN(CCC)CCCNC(=NC)NCc1nnc2ccccn12.I. The van der Waals surface area contributed by atoms with E-state index in [1.165, 1.54) is 25.9 Å². The van der Waals surface area contributed by atoms with Gasteiger partial charge in [-0.1, -0.05) is 19.9 Å². The Morgan fingerprint density at radius 2 is 1.88 bits per heavy atom. The molecule has 0 bridgehead atoms. The largest absolute Gasteiger partial charge is 0.356 e. The molecule has 0 aliphatic rings. The van der Waals surface area contributed by atoms with Crippen molar-refractivity contribution in [2.45, 2.75) is 39.7 Å². The van der Waals surface area contributed by atoms with Gasteiger partial charge in [-0.05, 0) is 51.0 Å². The van der Waals surface area contributed by atoms with Crippen molar-refractivity contribution in [1.29, 1.82) is 0 Å². The fourth-order valence-corrected chi connectivity index (χ4v) is 2.87. The van der Waals surface area contributed by atoms with E-state index in [-0.39, 0.29) is 24.0 Å². The van der Waals surface area contributed by atoms with E-state index in [2.05, 4.69) is 44.6 Å². The van der Waals surface area contributed by atoms with Crippen molar-refractivity contribution in [1.82, 2.24) is 30.1 Å². The van der Waals surface area contributed by atoms with Gasteiger partial charge in [-0.25, -0.2) is 0 Å². The van der Waals surface area contributed by atoms with Crippen molar-refractivity contribution in [3.63, 3.8) is 0 Å². The van der Waals surface area contributed by atoms with Crippen molar-refractivity contribution >= 4 is 35.6 Å². The van der Waals surface area contributed by atoms with E-state index < -0.39 is 0 Å². The van der Waals surface area contributed by atoms with Crippen LogP contribution in [0.5, 0.6) is 0 Å². The number of rotatable bonds is 10. The number of aromatic nitrogens is 3. The summed E-state index contributed by atoms with van der Waals surface area (Å²) in [4.78, 5) is 6.81. The lowest BCUT2D eigenvalue weighted by atomic mass is 10.3. The van der Waals surface area contributed by atoms with Gasteiger partial charge in [0, 0.05) is 19.8 Å². The van der Waals surface area contributed by atoms with Gasteiger partial charge in [-0.2, -0.15) is 0 Å². The molecule has 2 heterocycles. The van der Waals surface area contributed by atoms with Crippen LogP contribution in [-0.2, 0) is 6.54 Å². The van der Waals surface area contributed by atoms with Crippen molar-refractivity contribution in [3.8, 4) is 0 Å². The van der Waals surface area contributed by atoms with Gasteiger partial charge in [0.25, 0.3) is 0 Å². The smallest absolute Gasteiger partial charge is 0.191 e. The van der Waals surface area contributed by atoms with Crippen LogP contribution in [-0.4, -0.2) is 58.7 Å². The van der Waals surface area contributed by atoms with Crippen molar-refractivity contribution < 1.29 is 0 Å². The monoisotopic (exact) mass is 473 g/mol. The fourth-order valence-electron chi connectivity index (χ4n) is 2.87. The molecule has 8 heteroatoms. The van der Waals surface area contributed by atoms with Gasteiger partial charge < -0.3 is 15.5 Å². The molecule has 0 aliphatic heterocycles. The molecular weight excluding hydrogens is 441 g/mol. The summed E-state index contributed by atoms with van der Waals surface area (Å²) in [7, 11) is 1.79. The van der Waals surface area contributed by atoms with Gasteiger partial charge in [0.2, 0.25) is 0 Å². The maximum absolute atomic E-state index is 4.28. The molecule has 0 fully saturated rings. The summed E-state index contributed by atoms with van der Waals surface area (Å²) in [6, 6.07) is 5.88. The molecule has 0 aliphatic carbocycles. The number of pyridine rings is 1. The summed E-state index contributed by atoms with van der Waals surface area (Å²) in [6.07, 6.45) is 5.50. The van der Waals surface area contributed by atoms with Gasteiger partial charge in [-0.3, -0.25) is 9.39 Å². The summed E-state index contributed by atoms with van der Waals surface area (Å²) >= 11 is 0. The second-order valence-corrected chi connectivity index (χ2v) is 6.09. The lowest BCUT2D eigenvalue weighted by Gasteiger charge is -2.21. The normalized spacial score (nSPS) is 11.6. The van der Waals surface area contributed by atoms with E-state index in [4.69, 9.17) is 0 Å². The van der Waals surface area contributed by atoms with Crippen molar-refractivity contribution in [2.24, 2.45) is 4.99 Å². The molecular formula is C18H32IN7. The van der Waals surface area contributed by atoms with E-state index in [1.807, 2.05) is 28.8 Å². The van der Waals surface area contributed by atoms with Crippen LogP contribution < -0.4 is 10.6 Å². The number of nitrogens with one attached hydrogen (secondary N) is 2. The van der Waals surface area contributed by atoms with Crippen molar-refractivity contribution in [2.75, 3.05) is 33.2 Å². The molecule has 0 atom stereocenters. The quantitative estimate of drug-likeness (QED) is 0.240. The first kappa shape index (κ1) is 22.6. The first-order chi connectivity index (χ1) is 12.3. The summed E-state index contributed by atoms with van der Waals surface area (Å²) < 4.78 is 1.98. The van der Waals surface area contributed by atoms with E-state index in [0.29, 0.717) is 6.54 Å². The highest BCUT2D eigenvalue weighted by molar-refractivity contribution is 14.0. The van der Waals surface area contributed by atoms with Crippen LogP contribution in [0.25, 0.3) is 5.65 Å². The number of hydrogen-bond acceptors (Lipinski definition) is 4. The Kier molecular flexibility index (Phi) is 11.2. The molecule has 26 heavy (non-hydrogen) atoms. The van der Waals surface area contributed by atoms with E-state index in [9.17, 15) is 0 Å². The van der Waals surface area contributed by atoms with Gasteiger partial charge in [0.15, 0.2) is 17.4 Å². The number of guanidine groups is 1. The van der Waals surface area contributed by atoms with Crippen LogP contribution in [0.1, 0.15) is 38.9 Å². The number of halogens is 1. The third-order valence-corrected chi connectivity index (χ3v) is 4.05. The second-order valence-electron chi connectivity index (χ2n) is 6.09. The fraction of sp³-hybridized carbons (Fsp3) is 0.611. The first-order valence-corrected chi connectivity index (χ1v) is 9.24. The zero-order valence-electron chi connectivity index (χ0n) is 16.1. The third kappa shape index (κ3) is 7.06. The Morgan fingerprint density at radius 3 is 2.58 bits per heavy atom. The molecule has 0 spiro atoms. The third-order valence-electron chi connectivity index (χ3n) is 4.05. The maximum atomic E-state index is 4.28. The molecule has 0 radical (unpaired) electrons. The van der Waals surface area contributed by atoms with Gasteiger partial charge in [0.1, 0.15) is 0 Å². The van der Waals surface area contributed by atoms with E-state index in [0.717, 1.165) is 36.9 Å². The molecule has 2 N–H and O–H groups in total. The molecule has 0 amide bonds. The Hall–Kier alpha value is -1.42. The predicted molar refractivity (Wildman–Crippen MR) is 118 cm³/mol. The molecule has 0 unspecified atom stereocenters. The number of nitrogens with zero attached hydrogens (tertiary/aromatic N) is 5. The van der Waals surface area contributed by atoms with Crippen LogP contribution >= 0.6 is 24.0 Å². The molecule has 0 saturated carbocycles. The molecule has 2 aromatic heterocycles. The highest BCUT2D eigenvalue weighted by atomic mass is 127. The van der Waals surface area contributed by atoms with Crippen LogP contribution in [0, 0.1) is 0 Å². The molecule has 2 aromatic rings. The lowest BCUT2D eigenvalue weighted by molar-refractivity contribution is 0.271. The summed E-state index contributed by atoms with van der Waals surface area (Å²) in [5.74, 6) is 1.67. The minimum absolute atomic E-state index is 0. The van der Waals surface area contributed by atoms with Crippen LogP contribution in [0.15, 0.2) is 29.4 Å². The Labute approximate surface area is 173 Å². The van der Waals surface area contributed by atoms with Gasteiger partial charge in [-0.15, -0.1) is 34.2 Å². The Bertz CT molecular complexity index is 650. The van der Waals surface area contributed by atoms with E-state index in [1.54, 1.807) is 7.05 Å². The second kappa shape index (κ2) is 12.9. The van der Waals surface area contributed by atoms with Gasteiger partial charge >= 0.3 is 0 Å². The maximum Gasteiger partial charge on any atom is 0.191 e. The predicted octanol–water partition coefficient (Wildman–Crippen LogP) is 2.52. The molecule has 146 valence electrons. The van der Waals surface area contributed by atoms with Crippen LogP contribution in [0.3, 0.4) is 0 Å². The summed E-state index contributed by atoms with van der Waals surface area (Å²) in [6.45, 7) is 9.45. The highest BCUT2D eigenvalue weighted by Gasteiger charge is 2.06. The summed E-state index contributed by atoms with van der Waals surface area (Å²) in [5, 5.41) is 15.1. The number of hydrogen-bond donors (Lipinski definition) is 2. The van der Waals surface area contributed by atoms with E-state index >= 15 is 0 Å². The minimum Gasteiger partial charge on any atom is -0.356 e. The average molecular weight is 473 g/mol. The molecule has 0 aromatic carbocycles. The number of aliphatic imine (C=N–C) groups is 1. The zero-order chi connectivity index (χ0) is 17.9. The first-order valence-electron chi connectivity index (χ1n) is 9.24. The average Bonchev–Trinajstić information content (AvgIpc) is 3.04. The lowest BCUT2D eigenvalue weighted by Crippen LogP contribution is -2.38. The Morgan fingerprint density at radius 1 is 1.12 bits per heavy atom.